The molecule has 0 rings (SSSR count). The molecular formula is C34H68O2. The van der Waals surface area contributed by atoms with Crippen molar-refractivity contribution in [3.05, 3.63) is 0 Å². The highest BCUT2D eigenvalue weighted by Crippen LogP contribution is 2.21. The van der Waals surface area contributed by atoms with Crippen LogP contribution in [-0.4, -0.2) is 12.6 Å². The highest BCUT2D eigenvalue weighted by molar-refractivity contribution is 5.71. The molecule has 36 heavy (non-hydrogen) atoms. The molecule has 2 heteroatoms. The van der Waals surface area contributed by atoms with Crippen molar-refractivity contribution in [3.8, 4) is 0 Å². The van der Waals surface area contributed by atoms with Gasteiger partial charge in [0.25, 0.3) is 0 Å². The standard InChI is InChI=1S/C34H68O2/c1-5-8-11-14-16-17-18-19-20-21-23-25-28-32(4)34(35)36-31-33(29-26-22-13-10-7-3)30-27-24-15-12-9-6-2/h32-33H,5-31H2,1-4H3. The van der Waals surface area contributed by atoms with Crippen LogP contribution in [0.15, 0.2) is 0 Å². The predicted octanol–water partition coefficient (Wildman–Crippen LogP) is 12.0. The largest absolute Gasteiger partial charge is 0.465 e. The van der Waals surface area contributed by atoms with Crippen LogP contribution < -0.4 is 0 Å². The van der Waals surface area contributed by atoms with Crippen molar-refractivity contribution in [1.82, 2.24) is 0 Å². The van der Waals surface area contributed by atoms with Crippen LogP contribution in [0.2, 0.25) is 0 Å². The van der Waals surface area contributed by atoms with E-state index in [0.29, 0.717) is 12.5 Å². The second kappa shape index (κ2) is 29.0. The second-order valence-electron chi connectivity index (χ2n) is 11.8. The minimum absolute atomic E-state index is 0.0528. The summed E-state index contributed by atoms with van der Waals surface area (Å²) in [5.74, 6) is 0.685. The molecule has 0 spiro atoms. The Balaban J connectivity index is 3.93. The van der Waals surface area contributed by atoms with E-state index in [2.05, 4.69) is 27.7 Å². The lowest BCUT2D eigenvalue weighted by Gasteiger charge is -2.19. The Morgan fingerprint density at radius 1 is 0.472 bits per heavy atom. The van der Waals surface area contributed by atoms with E-state index < -0.39 is 0 Å². The van der Waals surface area contributed by atoms with Crippen molar-refractivity contribution in [2.24, 2.45) is 11.8 Å². The minimum Gasteiger partial charge on any atom is -0.465 e. The molecule has 0 radical (unpaired) electrons. The Morgan fingerprint density at radius 3 is 1.14 bits per heavy atom. The molecular weight excluding hydrogens is 440 g/mol. The van der Waals surface area contributed by atoms with Gasteiger partial charge in [0.1, 0.15) is 0 Å². The lowest BCUT2D eigenvalue weighted by molar-refractivity contribution is -0.149. The van der Waals surface area contributed by atoms with Gasteiger partial charge >= 0.3 is 5.97 Å². The summed E-state index contributed by atoms with van der Waals surface area (Å²) in [5.41, 5.74) is 0. The van der Waals surface area contributed by atoms with Crippen LogP contribution in [0.25, 0.3) is 0 Å². The molecule has 2 atom stereocenters. The first-order valence-electron chi connectivity index (χ1n) is 16.8. The normalized spacial score (nSPS) is 13.1. The number of carbonyl (C=O) groups excluding carboxylic acids is 1. The third-order valence-corrected chi connectivity index (χ3v) is 8.04. The summed E-state index contributed by atoms with van der Waals surface area (Å²) < 4.78 is 5.86. The van der Waals surface area contributed by atoms with Gasteiger partial charge < -0.3 is 4.74 Å². The van der Waals surface area contributed by atoms with E-state index in [-0.39, 0.29) is 11.9 Å². The van der Waals surface area contributed by atoms with Crippen molar-refractivity contribution in [2.45, 2.75) is 195 Å². The predicted molar refractivity (Wildman–Crippen MR) is 161 cm³/mol. The van der Waals surface area contributed by atoms with Crippen molar-refractivity contribution < 1.29 is 9.53 Å². The van der Waals surface area contributed by atoms with Gasteiger partial charge in [-0.2, -0.15) is 0 Å². The van der Waals surface area contributed by atoms with Crippen molar-refractivity contribution in [3.63, 3.8) is 0 Å². The second-order valence-corrected chi connectivity index (χ2v) is 11.8. The topological polar surface area (TPSA) is 26.3 Å². The average molecular weight is 509 g/mol. The van der Waals surface area contributed by atoms with E-state index in [0.717, 1.165) is 6.42 Å². The Hall–Kier alpha value is -0.530. The summed E-state index contributed by atoms with van der Waals surface area (Å²) in [5, 5.41) is 0. The van der Waals surface area contributed by atoms with Gasteiger partial charge in [0, 0.05) is 0 Å². The third kappa shape index (κ3) is 25.1. The number of rotatable bonds is 29. The van der Waals surface area contributed by atoms with Crippen molar-refractivity contribution in [2.75, 3.05) is 6.61 Å². The summed E-state index contributed by atoms with van der Waals surface area (Å²) in [7, 11) is 0. The molecule has 0 aromatic heterocycles. The van der Waals surface area contributed by atoms with E-state index in [1.54, 1.807) is 0 Å². The Kier molecular flexibility index (Phi) is 28.6. The van der Waals surface area contributed by atoms with Gasteiger partial charge in [0.05, 0.1) is 12.5 Å². The van der Waals surface area contributed by atoms with E-state index in [1.165, 1.54) is 161 Å². The lowest BCUT2D eigenvalue weighted by atomic mass is 9.94. The molecule has 0 bridgehead atoms. The van der Waals surface area contributed by atoms with Gasteiger partial charge in [-0.15, -0.1) is 0 Å². The molecule has 2 nitrogen and oxygen atoms in total. The fraction of sp³-hybridized carbons (Fsp3) is 0.971. The fourth-order valence-corrected chi connectivity index (χ4v) is 5.31. The van der Waals surface area contributed by atoms with Crippen LogP contribution in [0.5, 0.6) is 0 Å². The number of carbonyl (C=O) groups is 1. The van der Waals surface area contributed by atoms with Gasteiger partial charge in [-0.05, 0) is 25.2 Å². The van der Waals surface area contributed by atoms with Gasteiger partial charge in [-0.25, -0.2) is 0 Å². The number of hydrogen-bond acceptors (Lipinski definition) is 2. The van der Waals surface area contributed by atoms with Crippen LogP contribution in [0.1, 0.15) is 195 Å². The first kappa shape index (κ1) is 35.5. The lowest BCUT2D eigenvalue weighted by Crippen LogP contribution is -2.20. The smallest absolute Gasteiger partial charge is 0.308 e. The number of esters is 1. The van der Waals surface area contributed by atoms with Crippen LogP contribution in [0.3, 0.4) is 0 Å². The fourth-order valence-electron chi connectivity index (χ4n) is 5.31. The average Bonchev–Trinajstić information content (AvgIpc) is 2.88. The monoisotopic (exact) mass is 509 g/mol. The van der Waals surface area contributed by atoms with E-state index in [4.69, 9.17) is 4.74 Å². The first-order valence-corrected chi connectivity index (χ1v) is 16.8. The number of unbranched alkanes of at least 4 members (excludes halogenated alkanes) is 20. The first-order chi connectivity index (χ1) is 17.7. The Morgan fingerprint density at radius 2 is 0.778 bits per heavy atom. The molecule has 0 fully saturated rings. The van der Waals surface area contributed by atoms with Crippen LogP contribution in [0.4, 0.5) is 0 Å². The van der Waals surface area contributed by atoms with Gasteiger partial charge in [0.15, 0.2) is 0 Å². The van der Waals surface area contributed by atoms with E-state index in [1.807, 2.05) is 0 Å². The summed E-state index contributed by atoms with van der Waals surface area (Å²) in [4.78, 5) is 12.6. The molecule has 0 amide bonds. The maximum Gasteiger partial charge on any atom is 0.308 e. The molecule has 0 saturated carbocycles. The quantitative estimate of drug-likeness (QED) is 0.0741. The molecule has 0 aromatic rings. The van der Waals surface area contributed by atoms with Gasteiger partial charge in [-0.3, -0.25) is 4.79 Å². The molecule has 216 valence electrons. The molecule has 0 saturated heterocycles. The summed E-state index contributed by atoms with van der Waals surface area (Å²) in [6, 6.07) is 0. The highest BCUT2D eigenvalue weighted by atomic mass is 16.5. The SMILES string of the molecule is CCCCCCCCCCCCCCC(C)C(=O)OCC(CCCCCCC)CCCCCCCC. The van der Waals surface area contributed by atoms with Gasteiger partial charge in [-0.1, -0.05) is 175 Å². The zero-order valence-corrected chi connectivity index (χ0v) is 25.6. The summed E-state index contributed by atoms with van der Waals surface area (Å²) in [6.07, 6.45) is 34.6. The molecule has 2 unspecified atom stereocenters. The van der Waals surface area contributed by atoms with E-state index >= 15 is 0 Å². The van der Waals surface area contributed by atoms with Crippen LogP contribution in [-0.2, 0) is 9.53 Å². The number of hydrogen-bond donors (Lipinski definition) is 0. The highest BCUT2D eigenvalue weighted by Gasteiger charge is 2.17. The molecule has 0 heterocycles. The summed E-state index contributed by atoms with van der Waals surface area (Å²) in [6.45, 7) is 9.58. The van der Waals surface area contributed by atoms with Crippen molar-refractivity contribution in [1.29, 1.82) is 0 Å². The molecule has 0 aromatic carbocycles. The number of ether oxygens (including phenoxy) is 1. The maximum absolute atomic E-state index is 12.6. The maximum atomic E-state index is 12.6. The third-order valence-electron chi connectivity index (χ3n) is 8.04. The van der Waals surface area contributed by atoms with Gasteiger partial charge in [0.2, 0.25) is 0 Å². The molecule has 0 aliphatic rings. The van der Waals surface area contributed by atoms with Crippen LogP contribution in [0, 0.1) is 11.8 Å². The molecule has 0 N–H and O–H groups in total. The molecule has 0 aliphatic heterocycles. The Bertz CT molecular complexity index is 433. The van der Waals surface area contributed by atoms with Crippen LogP contribution >= 0.6 is 0 Å². The van der Waals surface area contributed by atoms with Crippen molar-refractivity contribution >= 4 is 5.97 Å². The molecule has 0 aliphatic carbocycles. The summed E-state index contributed by atoms with van der Waals surface area (Å²) >= 11 is 0. The zero-order chi connectivity index (χ0) is 26.5. The Labute approximate surface area is 228 Å². The minimum atomic E-state index is 0.0528. The van der Waals surface area contributed by atoms with E-state index in [9.17, 15) is 4.79 Å². The zero-order valence-electron chi connectivity index (χ0n) is 25.6.